The minimum atomic E-state index is 0.0456. The highest BCUT2D eigenvalue weighted by atomic mass is 79.9. The number of hydrogen-bond acceptors (Lipinski definition) is 1. The Morgan fingerprint density at radius 2 is 1.85 bits per heavy atom. The first-order chi connectivity index (χ1) is 6.20. The fraction of sp³-hybridized carbons (Fsp3) is 0.111. The maximum absolute atomic E-state index is 8.92. The van der Waals surface area contributed by atoms with Crippen molar-refractivity contribution in [2.75, 3.05) is 0 Å². The van der Waals surface area contributed by atoms with Crippen molar-refractivity contribution < 1.29 is 5.11 Å². The van der Waals surface area contributed by atoms with Gasteiger partial charge in [-0.05, 0) is 50.1 Å². The summed E-state index contributed by atoms with van der Waals surface area (Å²) in [6.07, 6.45) is 0. The molecule has 13 heavy (non-hydrogen) atoms. The Morgan fingerprint density at radius 3 is 2.54 bits per heavy atom. The van der Waals surface area contributed by atoms with Crippen molar-refractivity contribution in [1.29, 1.82) is 0 Å². The third kappa shape index (κ3) is 1.66. The minimum absolute atomic E-state index is 0.0456. The number of nitrogens with one attached hydrogen (secondary N) is 1. The monoisotopic (exact) mass is 303 g/mol. The van der Waals surface area contributed by atoms with Crippen LogP contribution in [0.2, 0.25) is 0 Å². The molecule has 0 aliphatic carbocycles. The minimum Gasteiger partial charge on any atom is -0.390 e. The lowest BCUT2D eigenvalue weighted by Crippen LogP contribution is -1.79. The lowest BCUT2D eigenvalue weighted by molar-refractivity contribution is 0.278. The molecule has 2 aromatic rings. The van der Waals surface area contributed by atoms with E-state index in [2.05, 4.69) is 36.8 Å². The Bertz CT molecular complexity index is 411. The molecule has 1 aromatic heterocycles. The molecule has 0 bridgehead atoms. The lowest BCUT2D eigenvalue weighted by atomic mass is 10.2. The van der Waals surface area contributed by atoms with Crippen LogP contribution in [0.25, 0.3) is 10.9 Å². The molecule has 0 fully saturated rings. The van der Waals surface area contributed by atoms with Crippen molar-refractivity contribution in [1.82, 2.24) is 4.98 Å². The van der Waals surface area contributed by atoms with Crippen LogP contribution < -0.4 is 0 Å². The Balaban J connectivity index is 2.70. The summed E-state index contributed by atoms with van der Waals surface area (Å²) in [5.74, 6) is 0. The molecule has 1 aromatic carbocycles. The van der Waals surface area contributed by atoms with Crippen molar-refractivity contribution in [2.24, 2.45) is 0 Å². The van der Waals surface area contributed by atoms with Crippen molar-refractivity contribution in [3.8, 4) is 0 Å². The fourth-order valence-corrected chi connectivity index (χ4v) is 1.98. The maximum Gasteiger partial charge on any atom is 0.0831 e. The summed E-state index contributed by atoms with van der Waals surface area (Å²) >= 11 is 6.84. The molecule has 68 valence electrons. The molecule has 0 saturated heterocycles. The molecule has 0 radical (unpaired) electrons. The number of aromatic amines is 1. The average molecular weight is 305 g/mol. The lowest BCUT2D eigenvalue weighted by Gasteiger charge is -1.95. The van der Waals surface area contributed by atoms with Crippen molar-refractivity contribution >= 4 is 42.8 Å². The van der Waals surface area contributed by atoms with E-state index in [1.807, 2.05) is 18.2 Å². The van der Waals surface area contributed by atoms with E-state index in [1.165, 1.54) is 0 Å². The van der Waals surface area contributed by atoms with Gasteiger partial charge in [0.1, 0.15) is 0 Å². The summed E-state index contributed by atoms with van der Waals surface area (Å²) in [7, 11) is 0. The van der Waals surface area contributed by atoms with Gasteiger partial charge in [-0.3, -0.25) is 0 Å². The number of aliphatic hydroxyl groups excluding tert-OH is 1. The fourth-order valence-electron chi connectivity index (χ4n) is 1.27. The summed E-state index contributed by atoms with van der Waals surface area (Å²) in [5.41, 5.74) is 1.86. The number of aliphatic hydroxyl groups is 1. The van der Waals surface area contributed by atoms with Gasteiger partial charge < -0.3 is 10.1 Å². The number of hydrogen-bond donors (Lipinski definition) is 2. The van der Waals surface area contributed by atoms with Crippen LogP contribution >= 0.6 is 31.9 Å². The van der Waals surface area contributed by atoms with E-state index in [1.54, 1.807) is 0 Å². The molecule has 2 N–H and O–H groups in total. The maximum atomic E-state index is 8.92. The van der Waals surface area contributed by atoms with Crippen LogP contribution in [-0.4, -0.2) is 10.1 Å². The van der Waals surface area contributed by atoms with E-state index >= 15 is 0 Å². The molecule has 2 nitrogen and oxygen atoms in total. The number of benzene rings is 1. The number of halogens is 2. The van der Waals surface area contributed by atoms with Crippen LogP contribution in [0.15, 0.2) is 27.1 Å². The Labute approximate surface area is 92.2 Å². The quantitative estimate of drug-likeness (QED) is 0.834. The van der Waals surface area contributed by atoms with Gasteiger partial charge in [0.2, 0.25) is 0 Å². The van der Waals surface area contributed by atoms with E-state index in [0.29, 0.717) is 0 Å². The molecule has 0 atom stereocenters. The highest BCUT2D eigenvalue weighted by molar-refractivity contribution is 9.13. The van der Waals surface area contributed by atoms with E-state index in [-0.39, 0.29) is 6.61 Å². The van der Waals surface area contributed by atoms with Crippen LogP contribution in [-0.2, 0) is 6.61 Å². The summed E-state index contributed by atoms with van der Waals surface area (Å²) in [4.78, 5) is 3.11. The van der Waals surface area contributed by atoms with E-state index in [0.717, 1.165) is 25.5 Å². The molecule has 0 spiro atoms. The summed E-state index contributed by atoms with van der Waals surface area (Å²) in [6, 6.07) is 5.93. The van der Waals surface area contributed by atoms with Crippen LogP contribution in [0.3, 0.4) is 0 Å². The SMILES string of the molecule is OCc1cc2cc(Br)c(Br)cc2[nH]1. The standard InChI is InChI=1S/C9H7Br2NO/c10-7-2-5-1-6(4-13)12-9(5)3-8(7)11/h1-3,12-13H,4H2. The number of aromatic nitrogens is 1. The van der Waals surface area contributed by atoms with Gasteiger partial charge in [-0.15, -0.1) is 0 Å². The number of rotatable bonds is 1. The second-order valence-corrected chi connectivity index (χ2v) is 4.51. The van der Waals surface area contributed by atoms with E-state index < -0.39 is 0 Å². The van der Waals surface area contributed by atoms with Gasteiger partial charge in [0.05, 0.1) is 6.61 Å². The Morgan fingerprint density at radius 1 is 1.15 bits per heavy atom. The predicted octanol–water partition coefficient (Wildman–Crippen LogP) is 3.19. The molecule has 0 aliphatic heterocycles. The van der Waals surface area contributed by atoms with E-state index in [9.17, 15) is 0 Å². The largest absolute Gasteiger partial charge is 0.390 e. The summed E-state index contributed by atoms with van der Waals surface area (Å²) < 4.78 is 2.02. The third-order valence-electron chi connectivity index (χ3n) is 1.89. The van der Waals surface area contributed by atoms with Crippen molar-refractivity contribution in [2.45, 2.75) is 6.61 Å². The van der Waals surface area contributed by atoms with Gasteiger partial charge >= 0.3 is 0 Å². The molecule has 1 heterocycles. The second kappa shape index (κ2) is 3.44. The smallest absolute Gasteiger partial charge is 0.0831 e. The van der Waals surface area contributed by atoms with Crippen LogP contribution in [0.5, 0.6) is 0 Å². The first-order valence-electron chi connectivity index (χ1n) is 3.78. The predicted molar refractivity (Wildman–Crippen MR) is 59.6 cm³/mol. The zero-order chi connectivity index (χ0) is 9.42. The molecular formula is C9H7Br2NO. The van der Waals surface area contributed by atoms with Crippen molar-refractivity contribution in [3.05, 3.63) is 32.8 Å². The molecule has 0 aliphatic rings. The van der Waals surface area contributed by atoms with Crippen molar-refractivity contribution in [3.63, 3.8) is 0 Å². The summed E-state index contributed by atoms with van der Waals surface area (Å²) in [5, 5.41) is 10.0. The highest BCUT2D eigenvalue weighted by Crippen LogP contribution is 2.28. The normalized spacial score (nSPS) is 11.0. The van der Waals surface area contributed by atoms with Gasteiger partial charge in [-0.25, -0.2) is 0 Å². The molecular weight excluding hydrogens is 298 g/mol. The van der Waals surface area contributed by atoms with Gasteiger partial charge in [0.25, 0.3) is 0 Å². The Hall–Kier alpha value is -0.320. The first-order valence-corrected chi connectivity index (χ1v) is 5.37. The zero-order valence-electron chi connectivity index (χ0n) is 6.64. The van der Waals surface area contributed by atoms with Crippen LogP contribution in [0, 0.1) is 0 Å². The van der Waals surface area contributed by atoms with Gasteiger partial charge in [0.15, 0.2) is 0 Å². The second-order valence-electron chi connectivity index (χ2n) is 2.81. The first kappa shape index (κ1) is 9.24. The van der Waals surface area contributed by atoms with E-state index in [4.69, 9.17) is 5.11 Å². The molecule has 0 unspecified atom stereocenters. The summed E-state index contributed by atoms with van der Waals surface area (Å²) in [6.45, 7) is 0.0456. The van der Waals surface area contributed by atoms with Crippen LogP contribution in [0.4, 0.5) is 0 Å². The Kier molecular flexibility index (Phi) is 2.45. The molecule has 0 saturated carbocycles. The van der Waals surface area contributed by atoms with Gasteiger partial charge in [-0.2, -0.15) is 0 Å². The third-order valence-corrected chi connectivity index (χ3v) is 3.73. The number of H-pyrrole nitrogens is 1. The topological polar surface area (TPSA) is 36.0 Å². The molecule has 4 heteroatoms. The zero-order valence-corrected chi connectivity index (χ0v) is 9.81. The highest BCUT2D eigenvalue weighted by Gasteiger charge is 2.03. The van der Waals surface area contributed by atoms with Gasteiger partial charge in [0, 0.05) is 25.5 Å². The number of fused-ring (bicyclic) bond motifs is 1. The van der Waals surface area contributed by atoms with Crippen LogP contribution in [0.1, 0.15) is 5.69 Å². The molecule has 2 rings (SSSR count). The molecule has 0 amide bonds. The average Bonchev–Trinajstić information content (AvgIpc) is 2.48. The van der Waals surface area contributed by atoms with Gasteiger partial charge in [-0.1, -0.05) is 0 Å².